The fraction of sp³-hybridized carbons (Fsp3) is 0.250. The molecule has 100 valence electrons. The van der Waals surface area contributed by atoms with Crippen molar-refractivity contribution in [3.05, 3.63) is 54.4 Å². The quantitative estimate of drug-likeness (QED) is 0.857. The second kappa shape index (κ2) is 5.99. The van der Waals surface area contributed by atoms with Gasteiger partial charge >= 0.3 is 5.69 Å². The number of nitrogens with zero attached hydrogens (tertiary/aromatic N) is 1. The number of Topliss-reactive ketones (excluding diaryl/α,β-unsaturated/α-hetero) is 1. The minimum atomic E-state index is -0.599. The van der Waals surface area contributed by atoms with Crippen molar-refractivity contribution < 1.29 is 4.79 Å². The van der Waals surface area contributed by atoms with Crippen LogP contribution in [0.3, 0.4) is 0 Å². The number of aryl methyl sites for hydroxylation is 1. The van der Waals surface area contributed by atoms with E-state index in [0.717, 1.165) is 0 Å². The zero-order valence-corrected chi connectivity index (χ0v) is 11.5. The number of aromatic amines is 1. The van der Waals surface area contributed by atoms with Gasteiger partial charge in [-0.2, -0.15) is 0 Å². The molecule has 7 heteroatoms. The lowest BCUT2D eigenvalue weighted by atomic mass is 10.2. The van der Waals surface area contributed by atoms with E-state index in [9.17, 15) is 14.4 Å². The molecule has 0 bridgehead atoms. The third-order valence-electron chi connectivity index (χ3n) is 2.57. The number of carbonyl (C=O) groups excluding carboxylic acids is 1. The van der Waals surface area contributed by atoms with E-state index in [1.807, 2.05) is 11.4 Å². The molecule has 0 amide bonds. The van der Waals surface area contributed by atoms with Crippen LogP contribution in [0.4, 0.5) is 0 Å². The van der Waals surface area contributed by atoms with E-state index in [1.165, 1.54) is 22.1 Å². The Morgan fingerprint density at radius 3 is 2.89 bits per heavy atom. The summed E-state index contributed by atoms with van der Waals surface area (Å²) < 4.78 is 1.30. The van der Waals surface area contributed by atoms with Crippen LogP contribution in [0.2, 0.25) is 5.02 Å². The Labute approximate surface area is 117 Å². The number of halogens is 1. The second-order valence-corrected chi connectivity index (χ2v) is 5.29. The molecule has 2 rings (SSSR count). The maximum Gasteiger partial charge on any atom is 0.328 e. The first-order valence-corrected chi connectivity index (χ1v) is 6.89. The highest BCUT2D eigenvalue weighted by atomic mass is 35.5. The van der Waals surface area contributed by atoms with E-state index in [1.54, 1.807) is 6.07 Å². The monoisotopic (exact) mass is 298 g/mol. The molecule has 0 aliphatic rings. The summed E-state index contributed by atoms with van der Waals surface area (Å²) in [6.07, 6.45) is 2.15. The van der Waals surface area contributed by atoms with Gasteiger partial charge in [0, 0.05) is 19.2 Å². The fourth-order valence-corrected chi connectivity index (χ4v) is 2.48. The summed E-state index contributed by atoms with van der Waals surface area (Å²) in [5, 5.41) is 1.81. The minimum Gasteiger partial charge on any atom is -0.299 e. The van der Waals surface area contributed by atoms with Crippen molar-refractivity contribution in [1.29, 1.82) is 0 Å². The Morgan fingerprint density at radius 2 is 2.21 bits per heavy atom. The Morgan fingerprint density at radius 1 is 1.42 bits per heavy atom. The third-order valence-corrected chi connectivity index (χ3v) is 3.75. The fourth-order valence-electron chi connectivity index (χ4n) is 1.62. The average molecular weight is 299 g/mol. The molecule has 0 fully saturated rings. The molecule has 0 aliphatic heterocycles. The van der Waals surface area contributed by atoms with Gasteiger partial charge in [-0.15, -0.1) is 11.3 Å². The number of hydrogen-bond acceptors (Lipinski definition) is 4. The number of rotatable bonds is 5. The van der Waals surface area contributed by atoms with Crippen molar-refractivity contribution in [3.63, 3.8) is 0 Å². The lowest BCUT2D eigenvalue weighted by Crippen LogP contribution is -2.29. The lowest BCUT2D eigenvalue weighted by Gasteiger charge is -2.04. The number of ketones is 1. The standard InChI is InChI=1S/C12H11ClN2O3S/c13-8-7-15(12(18)14-11(8)17)5-1-3-9(16)10-4-2-6-19-10/h2,4,6-7H,1,3,5H2,(H,14,17,18). The highest BCUT2D eigenvalue weighted by molar-refractivity contribution is 7.12. The first kappa shape index (κ1) is 13.8. The van der Waals surface area contributed by atoms with Gasteiger partial charge in [-0.25, -0.2) is 4.79 Å². The molecular formula is C12H11ClN2O3S. The molecule has 0 saturated carbocycles. The van der Waals surface area contributed by atoms with Gasteiger partial charge < -0.3 is 0 Å². The van der Waals surface area contributed by atoms with E-state index in [4.69, 9.17) is 11.6 Å². The normalized spacial score (nSPS) is 10.6. The molecule has 2 aromatic heterocycles. The van der Waals surface area contributed by atoms with Gasteiger partial charge in [0.1, 0.15) is 5.02 Å². The van der Waals surface area contributed by atoms with Crippen LogP contribution in [0, 0.1) is 0 Å². The SMILES string of the molecule is O=C(CCCn1cc(Cl)c(=O)[nH]c1=O)c1cccs1. The van der Waals surface area contributed by atoms with Crippen LogP contribution in [0.25, 0.3) is 0 Å². The molecule has 0 aromatic carbocycles. The Hall–Kier alpha value is -1.66. The smallest absolute Gasteiger partial charge is 0.299 e. The topological polar surface area (TPSA) is 71.9 Å². The van der Waals surface area contributed by atoms with E-state index < -0.39 is 11.2 Å². The Balaban J connectivity index is 1.97. The number of aromatic nitrogens is 2. The largest absolute Gasteiger partial charge is 0.328 e. The van der Waals surface area contributed by atoms with E-state index >= 15 is 0 Å². The van der Waals surface area contributed by atoms with Crippen molar-refractivity contribution in [2.45, 2.75) is 19.4 Å². The van der Waals surface area contributed by atoms with Crippen LogP contribution in [-0.4, -0.2) is 15.3 Å². The van der Waals surface area contributed by atoms with Crippen LogP contribution in [-0.2, 0) is 6.54 Å². The molecule has 1 N–H and O–H groups in total. The van der Waals surface area contributed by atoms with Gasteiger partial charge in [0.25, 0.3) is 5.56 Å². The van der Waals surface area contributed by atoms with Crippen LogP contribution >= 0.6 is 22.9 Å². The molecule has 0 aliphatic carbocycles. The molecule has 2 aromatic rings. The summed E-state index contributed by atoms with van der Waals surface area (Å²) in [5.41, 5.74) is -1.12. The van der Waals surface area contributed by atoms with Crippen LogP contribution in [0.5, 0.6) is 0 Å². The van der Waals surface area contributed by atoms with Gasteiger partial charge in [0.15, 0.2) is 5.78 Å². The van der Waals surface area contributed by atoms with Crippen molar-refractivity contribution in [2.75, 3.05) is 0 Å². The van der Waals surface area contributed by atoms with Crippen molar-refractivity contribution in [2.24, 2.45) is 0 Å². The molecule has 19 heavy (non-hydrogen) atoms. The van der Waals surface area contributed by atoms with Crippen LogP contribution in [0.15, 0.2) is 33.3 Å². The first-order chi connectivity index (χ1) is 9.08. The average Bonchev–Trinajstić information content (AvgIpc) is 2.89. The lowest BCUT2D eigenvalue weighted by molar-refractivity contribution is 0.0982. The summed E-state index contributed by atoms with van der Waals surface area (Å²) in [7, 11) is 0. The maximum atomic E-state index is 11.7. The van der Waals surface area contributed by atoms with Crippen LogP contribution in [0.1, 0.15) is 22.5 Å². The number of nitrogens with one attached hydrogen (secondary N) is 1. The molecule has 0 saturated heterocycles. The zero-order chi connectivity index (χ0) is 13.8. The summed E-state index contributed by atoms with van der Waals surface area (Å²) in [6.45, 7) is 0.340. The third kappa shape index (κ3) is 3.42. The van der Waals surface area contributed by atoms with Crippen molar-refractivity contribution in [3.8, 4) is 0 Å². The van der Waals surface area contributed by atoms with Crippen molar-refractivity contribution >= 4 is 28.7 Å². The summed E-state index contributed by atoms with van der Waals surface area (Å²) in [4.78, 5) is 37.1. The second-order valence-electron chi connectivity index (χ2n) is 3.93. The van der Waals surface area contributed by atoms with Gasteiger partial charge in [0.2, 0.25) is 0 Å². The van der Waals surface area contributed by atoms with Gasteiger partial charge in [-0.3, -0.25) is 19.1 Å². The predicted octanol–water partition coefficient (Wildman–Crippen LogP) is 1.91. The summed E-state index contributed by atoms with van der Waals surface area (Å²) >= 11 is 7.04. The molecular weight excluding hydrogens is 288 g/mol. The molecule has 0 unspecified atom stereocenters. The van der Waals surface area contributed by atoms with Crippen molar-refractivity contribution in [1.82, 2.24) is 9.55 Å². The number of H-pyrrole nitrogens is 1. The van der Waals surface area contributed by atoms with E-state index in [0.29, 0.717) is 24.3 Å². The molecule has 0 radical (unpaired) electrons. The molecule has 5 nitrogen and oxygen atoms in total. The molecule has 0 spiro atoms. The predicted molar refractivity (Wildman–Crippen MR) is 74.2 cm³/mol. The van der Waals surface area contributed by atoms with Gasteiger partial charge in [0.05, 0.1) is 4.88 Å². The Kier molecular flexibility index (Phi) is 4.34. The Bertz CT molecular complexity index is 688. The van der Waals surface area contributed by atoms with E-state index in [2.05, 4.69) is 4.98 Å². The van der Waals surface area contributed by atoms with Gasteiger partial charge in [-0.1, -0.05) is 17.7 Å². The van der Waals surface area contributed by atoms with Gasteiger partial charge in [-0.05, 0) is 17.9 Å². The zero-order valence-electron chi connectivity index (χ0n) is 9.89. The number of hydrogen-bond donors (Lipinski definition) is 1. The maximum absolute atomic E-state index is 11.7. The first-order valence-electron chi connectivity index (χ1n) is 5.64. The number of carbonyl (C=O) groups is 1. The number of thiophene rings is 1. The molecule has 0 atom stereocenters. The highest BCUT2D eigenvalue weighted by Crippen LogP contribution is 2.12. The van der Waals surface area contributed by atoms with Crippen LogP contribution < -0.4 is 11.2 Å². The highest BCUT2D eigenvalue weighted by Gasteiger charge is 2.07. The van der Waals surface area contributed by atoms with E-state index in [-0.39, 0.29) is 10.8 Å². The minimum absolute atomic E-state index is 0.0378. The summed E-state index contributed by atoms with van der Waals surface area (Å²) in [5.74, 6) is 0.0542. The summed E-state index contributed by atoms with van der Waals surface area (Å²) in [6, 6.07) is 3.60. The molecule has 2 heterocycles.